The Bertz CT molecular complexity index is 1230. The number of amides is 1. The summed E-state index contributed by atoms with van der Waals surface area (Å²) >= 11 is 6.21. The highest BCUT2D eigenvalue weighted by atomic mass is 35.5. The van der Waals surface area contributed by atoms with Crippen molar-refractivity contribution in [1.82, 2.24) is 0 Å². The van der Waals surface area contributed by atoms with Crippen LogP contribution in [0, 0.1) is 6.92 Å². The van der Waals surface area contributed by atoms with Gasteiger partial charge < -0.3 is 24.1 Å². The summed E-state index contributed by atoms with van der Waals surface area (Å²) in [7, 11) is 1.32. The largest absolute Gasteiger partial charge is 0.465 e. The molecule has 34 heavy (non-hydrogen) atoms. The summed E-state index contributed by atoms with van der Waals surface area (Å²) in [5.41, 5.74) is 3.53. The van der Waals surface area contributed by atoms with Crippen LogP contribution in [0.15, 0.2) is 59.0 Å². The lowest BCUT2D eigenvalue weighted by molar-refractivity contribution is -0.111. The van der Waals surface area contributed by atoms with Gasteiger partial charge in [0.1, 0.15) is 11.5 Å². The van der Waals surface area contributed by atoms with Crippen molar-refractivity contribution in [3.05, 3.63) is 76.5 Å². The number of ether oxygens (including phenoxy) is 2. The van der Waals surface area contributed by atoms with E-state index in [2.05, 4.69) is 10.2 Å². The number of halogens is 1. The number of carbonyl (C=O) groups is 2. The maximum atomic E-state index is 12.7. The first-order valence-corrected chi connectivity index (χ1v) is 11.2. The zero-order valence-electron chi connectivity index (χ0n) is 19.0. The maximum Gasteiger partial charge on any atom is 0.337 e. The van der Waals surface area contributed by atoms with E-state index in [1.807, 2.05) is 37.3 Å². The van der Waals surface area contributed by atoms with Crippen LogP contribution in [0.3, 0.4) is 0 Å². The second-order valence-electron chi connectivity index (χ2n) is 7.81. The Morgan fingerprint density at radius 1 is 1.09 bits per heavy atom. The maximum absolute atomic E-state index is 12.7. The summed E-state index contributed by atoms with van der Waals surface area (Å²) in [4.78, 5) is 26.8. The zero-order chi connectivity index (χ0) is 24.1. The lowest BCUT2D eigenvalue weighted by Gasteiger charge is -2.30. The van der Waals surface area contributed by atoms with Gasteiger partial charge in [-0.25, -0.2) is 4.79 Å². The number of benzene rings is 2. The average molecular weight is 481 g/mol. The van der Waals surface area contributed by atoms with E-state index in [9.17, 15) is 9.59 Å². The Kier molecular flexibility index (Phi) is 7.35. The molecule has 1 amide bonds. The van der Waals surface area contributed by atoms with E-state index in [1.165, 1.54) is 13.2 Å². The van der Waals surface area contributed by atoms with Crippen LogP contribution in [-0.4, -0.2) is 45.3 Å². The lowest BCUT2D eigenvalue weighted by Crippen LogP contribution is -2.36. The highest BCUT2D eigenvalue weighted by Crippen LogP contribution is 2.29. The average Bonchev–Trinajstić information content (AvgIpc) is 3.33. The van der Waals surface area contributed by atoms with Crippen LogP contribution in [-0.2, 0) is 14.3 Å². The van der Waals surface area contributed by atoms with Crippen LogP contribution < -0.4 is 10.2 Å². The Labute approximate surface area is 202 Å². The number of methoxy groups -OCH3 is 1. The normalized spacial score (nSPS) is 13.8. The van der Waals surface area contributed by atoms with E-state index in [4.69, 9.17) is 25.5 Å². The molecular weight excluding hydrogens is 456 g/mol. The molecule has 176 valence electrons. The molecule has 1 saturated heterocycles. The predicted octanol–water partition coefficient (Wildman–Crippen LogP) is 5.18. The van der Waals surface area contributed by atoms with Crippen LogP contribution in [0.5, 0.6) is 0 Å². The molecule has 1 aliphatic rings. The lowest BCUT2D eigenvalue weighted by atomic mass is 10.1. The summed E-state index contributed by atoms with van der Waals surface area (Å²) in [6.07, 6.45) is 2.98. The van der Waals surface area contributed by atoms with Gasteiger partial charge in [-0.2, -0.15) is 0 Å². The molecule has 0 spiro atoms. The Balaban J connectivity index is 1.51. The van der Waals surface area contributed by atoms with E-state index in [-0.39, 0.29) is 5.91 Å². The molecule has 0 bridgehead atoms. The fourth-order valence-electron chi connectivity index (χ4n) is 3.64. The highest BCUT2D eigenvalue weighted by molar-refractivity contribution is 6.31. The minimum atomic E-state index is -0.473. The molecule has 3 aromatic rings. The van der Waals surface area contributed by atoms with E-state index >= 15 is 0 Å². The number of anilines is 2. The predicted molar refractivity (Wildman–Crippen MR) is 132 cm³/mol. The Morgan fingerprint density at radius 2 is 1.88 bits per heavy atom. The SMILES string of the molecule is COC(=O)c1ccc(N2CCOCC2)c(NC(=O)/C=C/c2ccc(-c3ccc(C)c(Cl)c3)o2)c1. The highest BCUT2D eigenvalue weighted by Gasteiger charge is 2.18. The zero-order valence-corrected chi connectivity index (χ0v) is 19.7. The summed E-state index contributed by atoms with van der Waals surface area (Å²) in [5.74, 6) is 0.354. The van der Waals surface area contributed by atoms with Gasteiger partial charge in [-0.1, -0.05) is 23.7 Å². The van der Waals surface area contributed by atoms with Gasteiger partial charge in [0.2, 0.25) is 5.91 Å². The van der Waals surface area contributed by atoms with Gasteiger partial charge in [-0.15, -0.1) is 0 Å². The molecule has 4 rings (SSSR count). The molecule has 0 atom stereocenters. The third-order valence-electron chi connectivity index (χ3n) is 5.51. The van der Waals surface area contributed by atoms with Gasteiger partial charge in [-0.05, 0) is 55.0 Å². The van der Waals surface area contributed by atoms with E-state index in [0.717, 1.165) is 16.8 Å². The van der Waals surface area contributed by atoms with Crippen molar-refractivity contribution in [2.24, 2.45) is 0 Å². The molecule has 1 fully saturated rings. The topological polar surface area (TPSA) is 81.0 Å². The monoisotopic (exact) mass is 480 g/mol. The smallest absolute Gasteiger partial charge is 0.337 e. The fourth-order valence-corrected chi connectivity index (χ4v) is 3.82. The number of esters is 1. The third-order valence-corrected chi connectivity index (χ3v) is 5.92. The van der Waals surface area contributed by atoms with Crippen LogP contribution in [0.2, 0.25) is 5.02 Å². The second kappa shape index (κ2) is 10.6. The first-order valence-electron chi connectivity index (χ1n) is 10.8. The van der Waals surface area contributed by atoms with Crippen LogP contribution >= 0.6 is 11.6 Å². The van der Waals surface area contributed by atoms with Gasteiger partial charge in [0.05, 0.1) is 37.3 Å². The number of furan rings is 1. The van der Waals surface area contributed by atoms with Crippen LogP contribution in [0.25, 0.3) is 17.4 Å². The molecule has 2 heterocycles. The molecular formula is C26H25ClN2O5. The summed E-state index contributed by atoms with van der Waals surface area (Å²) in [6.45, 7) is 4.51. The molecule has 1 N–H and O–H groups in total. The van der Waals surface area contributed by atoms with Gasteiger partial charge in [0.15, 0.2) is 0 Å². The van der Waals surface area contributed by atoms with Crippen molar-refractivity contribution in [3.8, 4) is 11.3 Å². The molecule has 0 aliphatic carbocycles. The Hall–Kier alpha value is -3.55. The number of hydrogen-bond acceptors (Lipinski definition) is 6. The molecule has 0 radical (unpaired) electrons. The van der Waals surface area contributed by atoms with Gasteiger partial charge in [-0.3, -0.25) is 4.79 Å². The number of carbonyl (C=O) groups excluding carboxylic acids is 2. The summed E-state index contributed by atoms with van der Waals surface area (Å²) in [5, 5.41) is 3.54. The van der Waals surface area contributed by atoms with Gasteiger partial charge in [0.25, 0.3) is 0 Å². The number of aryl methyl sites for hydroxylation is 1. The van der Waals surface area contributed by atoms with E-state index in [0.29, 0.717) is 54.1 Å². The molecule has 0 saturated carbocycles. The fraction of sp³-hybridized carbons (Fsp3) is 0.231. The third kappa shape index (κ3) is 5.50. The number of nitrogens with zero attached hydrogens (tertiary/aromatic N) is 1. The summed E-state index contributed by atoms with van der Waals surface area (Å²) < 4.78 is 16.1. The first-order chi connectivity index (χ1) is 16.4. The standard InChI is InChI=1S/C26H25ClN2O5/c1-17-3-4-18(15-21(17)27)24-9-6-20(34-24)7-10-25(30)28-22-16-19(26(31)32-2)5-8-23(22)29-11-13-33-14-12-29/h3-10,15-16H,11-14H2,1-2H3,(H,28,30)/b10-7+. The van der Waals surface area contributed by atoms with Gasteiger partial charge >= 0.3 is 5.97 Å². The van der Waals surface area contributed by atoms with E-state index in [1.54, 1.807) is 24.3 Å². The number of rotatable bonds is 6. The quantitative estimate of drug-likeness (QED) is 0.386. The van der Waals surface area contributed by atoms with Crippen LogP contribution in [0.4, 0.5) is 11.4 Å². The number of morpholine rings is 1. The van der Waals surface area contributed by atoms with Gasteiger partial charge in [0, 0.05) is 29.8 Å². The molecule has 1 aromatic heterocycles. The minimum absolute atomic E-state index is 0.353. The summed E-state index contributed by atoms with van der Waals surface area (Å²) in [6, 6.07) is 14.4. The number of nitrogens with one attached hydrogen (secondary N) is 1. The molecule has 2 aromatic carbocycles. The molecule has 0 unspecified atom stereocenters. The molecule has 1 aliphatic heterocycles. The van der Waals surface area contributed by atoms with Crippen LogP contribution in [0.1, 0.15) is 21.7 Å². The minimum Gasteiger partial charge on any atom is -0.465 e. The van der Waals surface area contributed by atoms with Crippen molar-refractivity contribution in [2.45, 2.75) is 6.92 Å². The second-order valence-corrected chi connectivity index (χ2v) is 8.22. The van der Waals surface area contributed by atoms with Crippen molar-refractivity contribution in [3.63, 3.8) is 0 Å². The molecule has 8 heteroatoms. The van der Waals surface area contributed by atoms with Crippen molar-refractivity contribution >= 4 is 40.9 Å². The molecule has 7 nitrogen and oxygen atoms in total. The van der Waals surface area contributed by atoms with Crippen molar-refractivity contribution in [1.29, 1.82) is 0 Å². The first kappa shape index (κ1) is 23.6. The van der Waals surface area contributed by atoms with E-state index < -0.39 is 5.97 Å². The number of hydrogen-bond donors (Lipinski definition) is 1. The van der Waals surface area contributed by atoms with Crippen molar-refractivity contribution in [2.75, 3.05) is 43.6 Å². The Morgan fingerprint density at radius 3 is 2.62 bits per heavy atom. The van der Waals surface area contributed by atoms with Crippen molar-refractivity contribution < 1.29 is 23.5 Å².